The third kappa shape index (κ3) is 4.94. The maximum Gasteiger partial charge on any atom is 0.358 e. The van der Waals surface area contributed by atoms with Crippen molar-refractivity contribution in [2.24, 2.45) is 11.3 Å². The van der Waals surface area contributed by atoms with Gasteiger partial charge in [0.2, 0.25) is 0 Å². The number of carboxylic acid groups (broad SMARTS) is 1. The Morgan fingerprint density at radius 3 is 2.40 bits per heavy atom. The van der Waals surface area contributed by atoms with Crippen LogP contribution < -0.4 is 10.4 Å². The predicted octanol–water partition coefficient (Wildman–Crippen LogP) is 3.04. The number of aromatic nitrogens is 3. The van der Waals surface area contributed by atoms with Crippen molar-refractivity contribution in [1.82, 2.24) is 15.2 Å². The number of hydrogen-bond acceptors (Lipinski definition) is 6. The van der Waals surface area contributed by atoms with Crippen LogP contribution in [0.25, 0.3) is 12.2 Å². The Balaban J connectivity index is 0.000000271. The Kier molecular flexibility index (Phi) is 6.43. The fourth-order valence-electron chi connectivity index (χ4n) is 4.70. The quantitative estimate of drug-likeness (QED) is 0.614. The lowest BCUT2D eigenvalue weighted by Crippen LogP contribution is -2.35. The minimum absolute atomic E-state index is 0.0106. The van der Waals surface area contributed by atoms with E-state index in [1.54, 1.807) is 6.08 Å². The van der Waals surface area contributed by atoms with E-state index in [0.29, 0.717) is 0 Å². The molecule has 2 aliphatic rings. The SMILES string of the molecule is CC1C=c2ccc3c(c2C(CC(C)(C)C)C1=O)C(=O)C=c1ccccc1=3.O=C(O)c1cncnn1. The molecule has 0 fully saturated rings. The molecular weight excluding hydrogens is 442 g/mol. The van der Waals surface area contributed by atoms with Crippen molar-refractivity contribution in [3.8, 4) is 0 Å². The predicted molar refractivity (Wildman–Crippen MR) is 131 cm³/mol. The van der Waals surface area contributed by atoms with Gasteiger partial charge in [-0.3, -0.25) is 9.59 Å². The molecule has 0 saturated heterocycles. The first kappa shape index (κ1) is 24.1. The van der Waals surface area contributed by atoms with Gasteiger partial charge in [-0.15, -0.1) is 10.2 Å². The monoisotopic (exact) mass is 469 g/mol. The molecule has 0 amide bonds. The Morgan fingerprint density at radius 1 is 1.03 bits per heavy atom. The molecule has 7 heteroatoms. The van der Waals surface area contributed by atoms with Crippen LogP contribution in [0.1, 0.15) is 66.4 Å². The number of ketones is 2. The molecule has 2 aromatic carbocycles. The van der Waals surface area contributed by atoms with Crippen LogP contribution in [0.5, 0.6) is 0 Å². The number of carboxylic acids is 1. The topological polar surface area (TPSA) is 110 Å². The average Bonchev–Trinajstić information content (AvgIpc) is 2.82. The fraction of sp³-hybridized carbons (Fsp3) is 0.286. The first-order valence-electron chi connectivity index (χ1n) is 11.5. The number of aromatic carboxylic acids is 1. The zero-order valence-corrected chi connectivity index (χ0v) is 20.1. The molecule has 1 heterocycles. The third-order valence-corrected chi connectivity index (χ3v) is 6.15. The molecule has 0 spiro atoms. The number of carbonyl (C=O) groups is 3. The van der Waals surface area contributed by atoms with E-state index in [0.717, 1.165) is 44.6 Å². The second-order valence-corrected chi connectivity index (χ2v) is 10.1. The van der Waals surface area contributed by atoms with Gasteiger partial charge >= 0.3 is 5.97 Å². The smallest absolute Gasteiger partial charge is 0.358 e. The van der Waals surface area contributed by atoms with E-state index in [9.17, 15) is 14.4 Å². The summed E-state index contributed by atoms with van der Waals surface area (Å²) in [4.78, 5) is 39.6. The van der Waals surface area contributed by atoms with Gasteiger partial charge in [0.05, 0.1) is 6.20 Å². The molecule has 0 saturated carbocycles. The number of Topliss-reactive ketones (excluding diaryl/α,β-unsaturated/α-hetero) is 2. The van der Waals surface area contributed by atoms with E-state index in [-0.39, 0.29) is 34.5 Å². The summed E-state index contributed by atoms with van der Waals surface area (Å²) in [6.07, 6.45) is 6.80. The fourth-order valence-corrected chi connectivity index (χ4v) is 4.70. The zero-order valence-electron chi connectivity index (χ0n) is 20.1. The lowest BCUT2D eigenvalue weighted by molar-refractivity contribution is -0.123. The third-order valence-electron chi connectivity index (χ3n) is 6.15. The summed E-state index contributed by atoms with van der Waals surface area (Å²) >= 11 is 0. The first-order valence-corrected chi connectivity index (χ1v) is 11.5. The van der Waals surface area contributed by atoms with Crippen LogP contribution in [0, 0.1) is 21.8 Å². The van der Waals surface area contributed by atoms with Gasteiger partial charge in [-0.1, -0.05) is 70.2 Å². The molecule has 0 aliphatic heterocycles. The highest BCUT2D eigenvalue weighted by atomic mass is 16.4. The number of fused-ring (bicyclic) bond motifs is 4. The largest absolute Gasteiger partial charge is 0.476 e. The summed E-state index contributed by atoms with van der Waals surface area (Å²) in [6, 6.07) is 12.1. The Labute approximate surface area is 202 Å². The maximum atomic E-state index is 13.1. The van der Waals surface area contributed by atoms with Crippen molar-refractivity contribution in [2.75, 3.05) is 0 Å². The van der Waals surface area contributed by atoms with Crippen LogP contribution in [0.2, 0.25) is 0 Å². The number of benzene rings is 2. The van der Waals surface area contributed by atoms with E-state index in [2.05, 4.69) is 48.1 Å². The summed E-state index contributed by atoms with van der Waals surface area (Å²) in [5.74, 6) is -1.20. The lowest BCUT2D eigenvalue weighted by Gasteiger charge is -2.31. The van der Waals surface area contributed by atoms with Gasteiger partial charge < -0.3 is 5.11 Å². The van der Waals surface area contributed by atoms with Crippen molar-refractivity contribution >= 4 is 29.7 Å². The van der Waals surface area contributed by atoms with Crippen molar-refractivity contribution in [2.45, 2.75) is 40.0 Å². The van der Waals surface area contributed by atoms with Crippen molar-refractivity contribution in [3.63, 3.8) is 0 Å². The molecule has 1 aromatic heterocycles. The van der Waals surface area contributed by atoms with Gasteiger partial charge in [-0.05, 0) is 44.3 Å². The minimum atomic E-state index is -1.12. The molecule has 0 bridgehead atoms. The number of rotatable bonds is 2. The van der Waals surface area contributed by atoms with Crippen molar-refractivity contribution < 1.29 is 19.5 Å². The van der Waals surface area contributed by atoms with Crippen LogP contribution in [0.15, 0.2) is 48.9 Å². The van der Waals surface area contributed by atoms with Crippen molar-refractivity contribution in [1.29, 1.82) is 0 Å². The summed E-state index contributed by atoms with van der Waals surface area (Å²) in [5.41, 5.74) is 1.54. The van der Waals surface area contributed by atoms with E-state index < -0.39 is 5.97 Å². The second-order valence-electron chi connectivity index (χ2n) is 10.1. The average molecular weight is 470 g/mol. The highest BCUT2D eigenvalue weighted by Gasteiger charge is 2.35. The molecule has 1 N–H and O–H groups in total. The molecule has 7 nitrogen and oxygen atoms in total. The Morgan fingerprint density at radius 2 is 1.77 bits per heavy atom. The maximum absolute atomic E-state index is 13.1. The molecule has 35 heavy (non-hydrogen) atoms. The summed E-state index contributed by atoms with van der Waals surface area (Å²) in [7, 11) is 0. The van der Waals surface area contributed by atoms with Gasteiger partial charge in [-0.2, -0.15) is 0 Å². The van der Waals surface area contributed by atoms with E-state index in [4.69, 9.17) is 5.11 Å². The number of hydrogen-bond donors (Lipinski definition) is 1. The summed E-state index contributed by atoms with van der Waals surface area (Å²) in [6.45, 7) is 8.42. The molecule has 178 valence electrons. The Hall–Kier alpha value is -4.00. The first-order chi connectivity index (χ1) is 16.6. The molecule has 5 rings (SSSR count). The van der Waals surface area contributed by atoms with Crippen molar-refractivity contribution in [3.05, 3.63) is 86.6 Å². The minimum Gasteiger partial charge on any atom is -0.476 e. The van der Waals surface area contributed by atoms with Gasteiger partial charge in [0.1, 0.15) is 12.1 Å². The second kappa shape index (κ2) is 9.33. The standard InChI is InChI=1S/C24H24O2.C4H3N3O2/c1-14-11-16-9-10-18-17-8-6-5-7-15(17)12-20(25)22(18)21(16)19(23(14)26)13-24(2,3)4;8-4(9)3-1-5-2-6-7-3/h5-12,14,19H,13H2,1-4H3;1-2H,(H,8,9). The van der Waals surface area contributed by atoms with Gasteiger partial charge in [0.25, 0.3) is 0 Å². The Bertz CT molecular complexity index is 1540. The number of nitrogens with zero attached hydrogens (tertiary/aromatic N) is 3. The zero-order chi connectivity index (χ0) is 25.3. The van der Waals surface area contributed by atoms with Crippen LogP contribution in [-0.2, 0) is 4.79 Å². The van der Waals surface area contributed by atoms with Crippen LogP contribution in [0.4, 0.5) is 0 Å². The normalized spacial score (nSPS) is 18.1. The summed E-state index contributed by atoms with van der Waals surface area (Å²) < 4.78 is 0. The molecular formula is C28H27N3O4. The molecule has 2 atom stereocenters. The van der Waals surface area contributed by atoms with E-state index >= 15 is 0 Å². The number of carbonyl (C=O) groups excluding carboxylic acids is 2. The van der Waals surface area contributed by atoms with E-state index in [1.165, 1.54) is 6.33 Å². The molecule has 3 aromatic rings. The van der Waals surface area contributed by atoms with E-state index in [1.807, 2.05) is 37.3 Å². The van der Waals surface area contributed by atoms with Gasteiger partial charge in [0.15, 0.2) is 11.5 Å². The van der Waals surface area contributed by atoms with Gasteiger partial charge in [0, 0.05) is 17.4 Å². The summed E-state index contributed by atoms with van der Waals surface area (Å²) in [5, 5.41) is 18.8. The highest BCUT2D eigenvalue weighted by molar-refractivity contribution is 6.19. The van der Waals surface area contributed by atoms with Crippen LogP contribution >= 0.6 is 0 Å². The van der Waals surface area contributed by atoms with Crippen LogP contribution in [0.3, 0.4) is 0 Å². The molecule has 2 unspecified atom stereocenters. The molecule has 0 radical (unpaired) electrons. The van der Waals surface area contributed by atoms with Gasteiger partial charge in [-0.25, -0.2) is 9.78 Å². The van der Waals surface area contributed by atoms with Crippen LogP contribution in [-0.4, -0.2) is 37.8 Å². The lowest BCUT2D eigenvalue weighted by atomic mass is 9.71. The molecule has 2 aliphatic carbocycles. The highest BCUT2D eigenvalue weighted by Crippen LogP contribution is 2.36.